The molecule has 0 bridgehead atoms. The molecule has 1 atom stereocenters. The number of furan rings is 1. The zero-order chi connectivity index (χ0) is 12.6. The van der Waals surface area contributed by atoms with Gasteiger partial charge in [0.2, 0.25) is 0 Å². The number of halogens is 4. The molecule has 1 unspecified atom stereocenters. The Morgan fingerprint density at radius 2 is 1.94 bits per heavy atom. The van der Waals surface area contributed by atoms with E-state index in [-0.39, 0.29) is 10.0 Å². The van der Waals surface area contributed by atoms with Crippen LogP contribution in [0.4, 0.5) is 8.78 Å². The predicted molar refractivity (Wildman–Crippen MR) is 68.3 cm³/mol. The lowest BCUT2D eigenvalue weighted by Gasteiger charge is -2.10. The molecule has 1 nitrogen and oxygen atoms in total. The summed E-state index contributed by atoms with van der Waals surface area (Å²) in [4.78, 5) is -0.500. The molecule has 0 spiro atoms. The highest BCUT2D eigenvalue weighted by atomic mass is 79.9. The molecule has 0 saturated heterocycles. The summed E-state index contributed by atoms with van der Waals surface area (Å²) < 4.78 is 32.5. The van der Waals surface area contributed by atoms with E-state index < -0.39 is 16.5 Å². The molecule has 1 heterocycles. The van der Waals surface area contributed by atoms with E-state index in [4.69, 9.17) is 4.42 Å². The third-order valence-electron chi connectivity index (χ3n) is 2.44. The molecule has 2 rings (SSSR count). The van der Waals surface area contributed by atoms with Crippen LogP contribution in [0.15, 0.2) is 33.4 Å². The molecule has 0 aliphatic rings. The molecule has 0 aliphatic carbocycles. The highest BCUT2D eigenvalue weighted by Gasteiger charge is 2.21. The van der Waals surface area contributed by atoms with Crippen molar-refractivity contribution in [2.24, 2.45) is 0 Å². The number of hydrogen-bond acceptors (Lipinski definition) is 1. The van der Waals surface area contributed by atoms with Gasteiger partial charge >= 0.3 is 0 Å². The zero-order valence-corrected chi connectivity index (χ0v) is 12.0. The van der Waals surface area contributed by atoms with Gasteiger partial charge in [-0.25, -0.2) is 8.78 Å². The Balaban J connectivity index is 2.48. The number of hydrogen-bond donors (Lipinski definition) is 0. The van der Waals surface area contributed by atoms with Crippen LogP contribution in [-0.2, 0) is 0 Å². The molecular formula is C12H8Br2F2O. The normalized spacial score (nSPS) is 12.8. The van der Waals surface area contributed by atoms with Crippen molar-refractivity contribution in [1.29, 1.82) is 0 Å². The smallest absolute Gasteiger partial charge is 0.137 e. The van der Waals surface area contributed by atoms with Crippen molar-refractivity contribution in [2.45, 2.75) is 11.8 Å². The summed E-state index contributed by atoms with van der Waals surface area (Å²) in [6.45, 7) is 1.85. The number of alkyl halides is 1. The van der Waals surface area contributed by atoms with Gasteiger partial charge in [-0.15, -0.1) is 0 Å². The fourth-order valence-electron chi connectivity index (χ4n) is 1.52. The minimum Gasteiger partial charge on any atom is -0.468 e. The van der Waals surface area contributed by atoms with Gasteiger partial charge in [-0.3, -0.25) is 0 Å². The van der Waals surface area contributed by atoms with Crippen LogP contribution in [0.1, 0.15) is 21.7 Å². The van der Waals surface area contributed by atoms with Gasteiger partial charge < -0.3 is 4.42 Å². The summed E-state index contributed by atoms with van der Waals surface area (Å²) in [5.41, 5.74) is 1.10. The average molecular weight is 366 g/mol. The van der Waals surface area contributed by atoms with Crippen molar-refractivity contribution in [2.75, 3.05) is 0 Å². The molecule has 1 aromatic carbocycles. The van der Waals surface area contributed by atoms with Gasteiger partial charge in [0.05, 0.1) is 10.7 Å². The quantitative estimate of drug-likeness (QED) is 0.532. The van der Waals surface area contributed by atoms with Crippen molar-refractivity contribution in [1.82, 2.24) is 0 Å². The monoisotopic (exact) mass is 364 g/mol. The van der Waals surface area contributed by atoms with Crippen molar-refractivity contribution in [3.05, 3.63) is 57.5 Å². The molecule has 0 amide bonds. The first-order valence-corrected chi connectivity index (χ1v) is 6.54. The van der Waals surface area contributed by atoms with Crippen LogP contribution in [0.5, 0.6) is 0 Å². The topological polar surface area (TPSA) is 13.1 Å². The molecule has 0 radical (unpaired) electrons. The highest BCUT2D eigenvalue weighted by molar-refractivity contribution is 9.10. The first-order valence-electron chi connectivity index (χ1n) is 4.83. The molecule has 90 valence electrons. The van der Waals surface area contributed by atoms with Crippen LogP contribution < -0.4 is 0 Å². The van der Waals surface area contributed by atoms with E-state index in [0.29, 0.717) is 5.76 Å². The summed E-state index contributed by atoms with van der Waals surface area (Å²) in [5.74, 6) is -0.420. The van der Waals surface area contributed by atoms with E-state index in [9.17, 15) is 8.78 Å². The molecule has 0 saturated carbocycles. The fourth-order valence-corrected chi connectivity index (χ4v) is 2.65. The van der Waals surface area contributed by atoms with Gasteiger partial charge in [-0.05, 0) is 46.6 Å². The standard InChI is InChI=1S/C12H8Br2F2O/c1-6-2-3-17-12(6)11(14)7-4-10(16)8(13)5-9(7)15/h2-5,11H,1H3. The predicted octanol–water partition coefficient (Wildman–Crippen LogP) is 5.11. The van der Waals surface area contributed by atoms with Gasteiger partial charge in [0.1, 0.15) is 22.2 Å². The number of rotatable bonds is 2. The van der Waals surface area contributed by atoms with Crippen molar-refractivity contribution < 1.29 is 13.2 Å². The lowest BCUT2D eigenvalue weighted by molar-refractivity contribution is 0.508. The third kappa shape index (κ3) is 2.45. The molecule has 1 aromatic heterocycles. The minimum absolute atomic E-state index is 0.106. The van der Waals surface area contributed by atoms with Gasteiger partial charge in [0.25, 0.3) is 0 Å². The molecule has 17 heavy (non-hydrogen) atoms. The average Bonchev–Trinajstić information content (AvgIpc) is 2.69. The van der Waals surface area contributed by atoms with E-state index in [1.807, 2.05) is 6.92 Å². The zero-order valence-electron chi connectivity index (χ0n) is 8.81. The van der Waals surface area contributed by atoms with Gasteiger partial charge in [0, 0.05) is 5.56 Å². The Morgan fingerprint density at radius 3 is 2.53 bits per heavy atom. The Hall–Kier alpha value is -0.680. The molecule has 0 aliphatic heterocycles. The van der Waals surface area contributed by atoms with Gasteiger partial charge in [0.15, 0.2) is 0 Å². The van der Waals surface area contributed by atoms with Gasteiger partial charge in [-0.2, -0.15) is 0 Å². The number of benzene rings is 1. The largest absolute Gasteiger partial charge is 0.468 e. The van der Waals surface area contributed by atoms with Crippen molar-refractivity contribution >= 4 is 31.9 Å². The molecule has 5 heteroatoms. The molecule has 0 N–H and O–H groups in total. The van der Waals surface area contributed by atoms with Gasteiger partial charge in [-0.1, -0.05) is 15.9 Å². The summed E-state index contributed by atoms with van der Waals surface area (Å²) in [5, 5.41) is 0. The lowest BCUT2D eigenvalue weighted by Crippen LogP contribution is -1.98. The first-order chi connectivity index (χ1) is 8.00. The van der Waals surface area contributed by atoms with Crippen LogP contribution >= 0.6 is 31.9 Å². The van der Waals surface area contributed by atoms with Crippen molar-refractivity contribution in [3.63, 3.8) is 0 Å². The highest BCUT2D eigenvalue weighted by Crippen LogP contribution is 2.36. The Morgan fingerprint density at radius 1 is 1.24 bits per heavy atom. The fraction of sp³-hybridized carbons (Fsp3) is 0.167. The molecule has 0 fully saturated rings. The summed E-state index contributed by atoms with van der Waals surface area (Å²) in [7, 11) is 0. The van der Waals surface area contributed by atoms with Crippen LogP contribution in [0, 0.1) is 18.6 Å². The second-order valence-electron chi connectivity index (χ2n) is 3.62. The summed E-state index contributed by atoms with van der Waals surface area (Å²) in [6, 6.07) is 4.04. The summed E-state index contributed by atoms with van der Waals surface area (Å²) >= 11 is 6.26. The van der Waals surface area contributed by atoms with E-state index >= 15 is 0 Å². The van der Waals surface area contributed by atoms with E-state index in [0.717, 1.165) is 17.7 Å². The molecule has 2 aromatic rings. The Kier molecular flexibility index (Phi) is 3.68. The summed E-state index contributed by atoms with van der Waals surface area (Å²) in [6.07, 6.45) is 1.52. The second-order valence-corrected chi connectivity index (χ2v) is 5.39. The van der Waals surface area contributed by atoms with Crippen LogP contribution in [0.25, 0.3) is 0 Å². The maximum absolute atomic E-state index is 13.7. The van der Waals surface area contributed by atoms with Crippen LogP contribution in [0.2, 0.25) is 0 Å². The SMILES string of the molecule is Cc1ccoc1C(Br)c1cc(F)c(Br)cc1F. The Labute approximate surface area is 114 Å². The number of aryl methyl sites for hydroxylation is 1. The second kappa shape index (κ2) is 4.90. The van der Waals surface area contributed by atoms with Crippen LogP contribution in [0.3, 0.4) is 0 Å². The van der Waals surface area contributed by atoms with E-state index in [1.165, 1.54) is 6.26 Å². The van der Waals surface area contributed by atoms with Crippen LogP contribution in [-0.4, -0.2) is 0 Å². The maximum atomic E-state index is 13.7. The van der Waals surface area contributed by atoms with E-state index in [1.54, 1.807) is 6.07 Å². The first kappa shape index (κ1) is 12.8. The molecular weight excluding hydrogens is 358 g/mol. The lowest BCUT2D eigenvalue weighted by atomic mass is 10.1. The minimum atomic E-state index is -0.505. The van der Waals surface area contributed by atoms with Crippen molar-refractivity contribution in [3.8, 4) is 0 Å². The maximum Gasteiger partial charge on any atom is 0.137 e. The van der Waals surface area contributed by atoms with E-state index in [2.05, 4.69) is 31.9 Å². The Bertz CT molecular complexity index is 551. The third-order valence-corrected chi connectivity index (χ3v) is 3.96.